The lowest BCUT2D eigenvalue weighted by Gasteiger charge is -2.23. The lowest BCUT2D eigenvalue weighted by atomic mass is 10.2. The Morgan fingerprint density at radius 3 is 2.60 bits per heavy atom. The smallest absolute Gasteiger partial charge is 0.197 e. The van der Waals surface area contributed by atoms with Gasteiger partial charge in [-0.1, -0.05) is 28.1 Å². The first-order valence-electron chi connectivity index (χ1n) is 4.31. The number of thiocarbonyl (C=S) groups is 1. The number of aliphatic imine (C=N–C) groups is 1. The van der Waals surface area contributed by atoms with Crippen LogP contribution in [0.3, 0.4) is 0 Å². The molecule has 0 aromatic heterocycles. The molecule has 0 spiro atoms. The van der Waals surface area contributed by atoms with Crippen molar-refractivity contribution in [2.75, 3.05) is 0 Å². The normalized spacial score (nSPS) is 20.2. The zero-order valence-corrected chi connectivity index (χ0v) is 10.1. The van der Waals surface area contributed by atoms with E-state index in [1.165, 1.54) is 0 Å². The summed E-state index contributed by atoms with van der Waals surface area (Å²) in [5, 5.41) is 6.24. The quantitative estimate of drug-likeness (QED) is 0.679. The van der Waals surface area contributed by atoms with E-state index in [4.69, 9.17) is 18.0 Å². The van der Waals surface area contributed by atoms with Crippen LogP contribution in [-0.4, -0.2) is 11.1 Å². The molecule has 4 nitrogen and oxygen atoms in total. The Balaban J connectivity index is 2.27. The highest BCUT2D eigenvalue weighted by molar-refractivity contribution is 9.10. The number of rotatable bonds is 1. The third kappa shape index (κ3) is 2.45. The Kier molecular flexibility index (Phi) is 2.88. The predicted octanol–water partition coefficient (Wildman–Crippen LogP) is 1.24. The molecule has 2 rings (SSSR count). The van der Waals surface area contributed by atoms with Crippen molar-refractivity contribution in [3.63, 3.8) is 0 Å². The number of nitrogens with zero attached hydrogens (tertiary/aromatic N) is 1. The molecule has 1 heterocycles. The van der Waals surface area contributed by atoms with E-state index in [1.54, 1.807) is 0 Å². The molecule has 1 atom stereocenters. The minimum atomic E-state index is -0.202. The van der Waals surface area contributed by atoms with Gasteiger partial charge < -0.3 is 16.4 Å². The van der Waals surface area contributed by atoms with Crippen molar-refractivity contribution in [2.45, 2.75) is 6.17 Å². The molecule has 0 saturated heterocycles. The van der Waals surface area contributed by atoms with Crippen molar-refractivity contribution in [1.82, 2.24) is 10.6 Å². The zero-order chi connectivity index (χ0) is 10.8. The van der Waals surface area contributed by atoms with Crippen LogP contribution in [0.2, 0.25) is 0 Å². The number of hydrogen-bond acceptors (Lipinski definition) is 3. The third-order valence-electron chi connectivity index (χ3n) is 1.96. The minimum Gasteiger partial charge on any atom is -0.370 e. The number of nitrogens with two attached hydrogens (primary N) is 1. The molecule has 0 aliphatic carbocycles. The predicted molar refractivity (Wildman–Crippen MR) is 67.4 cm³/mol. The highest BCUT2D eigenvalue weighted by Gasteiger charge is 2.16. The van der Waals surface area contributed by atoms with E-state index in [-0.39, 0.29) is 6.17 Å². The summed E-state index contributed by atoms with van der Waals surface area (Å²) < 4.78 is 1.03. The van der Waals surface area contributed by atoms with Crippen molar-refractivity contribution < 1.29 is 0 Å². The van der Waals surface area contributed by atoms with Crippen molar-refractivity contribution in [1.29, 1.82) is 0 Å². The Morgan fingerprint density at radius 2 is 2.00 bits per heavy atom. The van der Waals surface area contributed by atoms with Crippen molar-refractivity contribution in [3.8, 4) is 0 Å². The molecule has 0 bridgehead atoms. The van der Waals surface area contributed by atoms with E-state index in [9.17, 15) is 0 Å². The number of guanidine groups is 1. The molecular formula is C9H9BrN4S. The van der Waals surface area contributed by atoms with Gasteiger partial charge in [0.25, 0.3) is 0 Å². The molecule has 4 N–H and O–H groups in total. The highest BCUT2D eigenvalue weighted by atomic mass is 79.9. The van der Waals surface area contributed by atoms with Gasteiger partial charge in [-0.3, -0.25) is 0 Å². The SMILES string of the molecule is NC1=NC(c2ccc(Br)cc2)NC(=S)N1. The summed E-state index contributed by atoms with van der Waals surface area (Å²) >= 11 is 8.37. The second kappa shape index (κ2) is 4.16. The lowest BCUT2D eigenvalue weighted by molar-refractivity contribution is 0.660. The first-order valence-corrected chi connectivity index (χ1v) is 5.51. The Bertz CT molecular complexity index is 415. The molecule has 78 valence electrons. The van der Waals surface area contributed by atoms with Crippen LogP contribution in [0.4, 0.5) is 0 Å². The summed E-state index contributed by atoms with van der Waals surface area (Å²) in [5.41, 5.74) is 6.60. The number of nitrogens with one attached hydrogen (secondary N) is 2. The number of halogens is 1. The topological polar surface area (TPSA) is 62.4 Å². The molecule has 1 unspecified atom stereocenters. The Hall–Kier alpha value is -1.14. The van der Waals surface area contributed by atoms with Gasteiger partial charge in [-0.15, -0.1) is 0 Å². The molecule has 0 fully saturated rings. The fourth-order valence-electron chi connectivity index (χ4n) is 1.28. The van der Waals surface area contributed by atoms with E-state index in [0.29, 0.717) is 11.1 Å². The van der Waals surface area contributed by atoms with Crippen LogP contribution < -0.4 is 16.4 Å². The van der Waals surface area contributed by atoms with Gasteiger partial charge in [-0.05, 0) is 29.9 Å². The van der Waals surface area contributed by atoms with Crippen LogP contribution in [0.5, 0.6) is 0 Å². The maximum atomic E-state index is 5.58. The van der Waals surface area contributed by atoms with Crippen molar-refractivity contribution >= 4 is 39.2 Å². The zero-order valence-electron chi connectivity index (χ0n) is 7.70. The van der Waals surface area contributed by atoms with Crippen LogP contribution in [0, 0.1) is 0 Å². The summed E-state index contributed by atoms with van der Waals surface area (Å²) in [5.74, 6) is 0.340. The van der Waals surface area contributed by atoms with Crippen molar-refractivity contribution in [3.05, 3.63) is 34.3 Å². The summed E-state index contributed by atoms with van der Waals surface area (Å²) in [6.45, 7) is 0. The van der Waals surface area contributed by atoms with Crippen LogP contribution in [-0.2, 0) is 0 Å². The van der Waals surface area contributed by atoms with Gasteiger partial charge in [0.15, 0.2) is 11.1 Å². The average Bonchev–Trinajstić information content (AvgIpc) is 2.17. The van der Waals surface area contributed by atoms with Gasteiger partial charge in [-0.2, -0.15) is 0 Å². The van der Waals surface area contributed by atoms with E-state index >= 15 is 0 Å². The Labute approximate surface area is 101 Å². The first kappa shape index (κ1) is 10.4. The number of benzene rings is 1. The fraction of sp³-hybridized carbons (Fsp3) is 0.111. The second-order valence-electron chi connectivity index (χ2n) is 3.07. The molecule has 1 aromatic rings. The van der Waals surface area contributed by atoms with Crippen LogP contribution in [0.1, 0.15) is 11.7 Å². The first-order chi connectivity index (χ1) is 7.15. The molecule has 1 aromatic carbocycles. The highest BCUT2D eigenvalue weighted by Crippen LogP contribution is 2.18. The van der Waals surface area contributed by atoms with Crippen molar-refractivity contribution in [2.24, 2.45) is 10.7 Å². The largest absolute Gasteiger partial charge is 0.370 e. The van der Waals surface area contributed by atoms with E-state index < -0.39 is 0 Å². The maximum absolute atomic E-state index is 5.58. The lowest BCUT2D eigenvalue weighted by Crippen LogP contribution is -2.49. The summed E-state index contributed by atoms with van der Waals surface area (Å²) in [4.78, 5) is 4.20. The molecule has 1 aliphatic heterocycles. The van der Waals surface area contributed by atoms with Gasteiger partial charge in [-0.25, -0.2) is 4.99 Å². The average molecular weight is 285 g/mol. The monoisotopic (exact) mass is 284 g/mol. The van der Waals surface area contributed by atoms with Gasteiger partial charge in [0, 0.05) is 4.47 Å². The standard InChI is InChI=1S/C9H9BrN4S/c10-6-3-1-5(2-4-6)7-12-8(11)14-9(15)13-7/h1-4,7H,(H4,11,12,13,14,15). The number of hydrogen-bond donors (Lipinski definition) is 3. The molecule has 0 amide bonds. The maximum Gasteiger partial charge on any atom is 0.197 e. The van der Waals surface area contributed by atoms with Crippen LogP contribution in [0.25, 0.3) is 0 Å². The molecule has 15 heavy (non-hydrogen) atoms. The second-order valence-corrected chi connectivity index (χ2v) is 4.39. The van der Waals surface area contributed by atoms with E-state index in [2.05, 4.69) is 31.6 Å². The van der Waals surface area contributed by atoms with Gasteiger partial charge in [0.05, 0.1) is 0 Å². The molecule has 1 aliphatic rings. The fourth-order valence-corrected chi connectivity index (χ4v) is 1.76. The van der Waals surface area contributed by atoms with Crippen LogP contribution >= 0.6 is 28.1 Å². The molecule has 0 radical (unpaired) electrons. The van der Waals surface area contributed by atoms with Gasteiger partial charge in [0.2, 0.25) is 0 Å². The van der Waals surface area contributed by atoms with Crippen LogP contribution in [0.15, 0.2) is 33.7 Å². The summed E-state index contributed by atoms with van der Waals surface area (Å²) in [6.07, 6.45) is -0.202. The Morgan fingerprint density at radius 1 is 1.33 bits per heavy atom. The van der Waals surface area contributed by atoms with E-state index in [0.717, 1.165) is 10.0 Å². The minimum absolute atomic E-state index is 0.202. The third-order valence-corrected chi connectivity index (χ3v) is 2.71. The summed E-state index contributed by atoms with van der Waals surface area (Å²) in [7, 11) is 0. The van der Waals surface area contributed by atoms with Gasteiger partial charge in [0.1, 0.15) is 6.17 Å². The summed E-state index contributed by atoms with van der Waals surface area (Å²) in [6, 6.07) is 7.83. The molecule has 6 heteroatoms. The molecule has 0 saturated carbocycles. The van der Waals surface area contributed by atoms with Gasteiger partial charge >= 0.3 is 0 Å². The van der Waals surface area contributed by atoms with E-state index in [1.807, 2.05) is 24.3 Å². The molecular weight excluding hydrogens is 276 g/mol.